The van der Waals surface area contributed by atoms with Crippen molar-refractivity contribution in [3.8, 4) is 0 Å². The second kappa shape index (κ2) is 7.45. The van der Waals surface area contributed by atoms with Gasteiger partial charge in [-0.2, -0.15) is 0 Å². The summed E-state index contributed by atoms with van der Waals surface area (Å²) < 4.78 is 35.4. The van der Waals surface area contributed by atoms with E-state index in [1.807, 2.05) is 19.1 Å². The monoisotopic (exact) mass is 381 g/mol. The molecular weight excluding hydrogens is 358 g/mol. The van der Waals surface area contributed by atoms with Crippen LogP contribution in [-0.2, 0) is 20.3 Å². The third kappa shape index (κ3) is 5.29. The summed E-state index contributed by atoms with van der Waals surface area (Å²) in [6.07, 6.45) is -0.660. The molecule has 0 unspecified atom stereocenters. The van der Waals surface area contributed by atoms with E-state index in [-0.39, 0.29) is 11.6 Å². The highest BCUT2D eigenvalue weighted by Crippen LogP contribution is 2.20. The lowest BCUT2D eigenvalue weighted by atomic mass is 10.1. The van der Waals surface area contributed by atoms with E-state index in [9.17, 15) is 13.2 Å². The second-order valence-corrected chi connectivity index (χ2v) is 8.83. The molecule has 1 heterocycles. The first-order valence-corrected chi connectivity index (χ1v) is 9.73. The van der Waals surface area contributed by atoms with E-state index in [4.69, 9.17) is 9.15 Å². The zero-order chi connectivity index (χ0) is 19.5. The van der Waals surface area contributed by atoms with Crippen molar-refractivity contribution in [2.45, 2.75) is 57.2 Å². The predicted molar refractivity (Wildman–Crippen MR) is 94.2 cm³/mol. The van der Waals surface area contributed by atoms with Crippen molar-refractivity contribution < 1.29 is 22.4 Å². The van der Waals surface area contributed by atoms with E-state index < -0.39 is 32.8 Å². The molecule has 0 radical (unpaired) electrons. The first kappa shape index (κ1) is 19.9. The molecule has 0 spiro atoms. The van der Waals surface area contributed by atoms with Gasteiger partial charge in [0.05, 0.1) is 5.75 Å². The number of hydrogen-bond acceptors (Lipinski definition) is 7. The standard InChI is InChI=1S/C17H23N3O5S/c1-11-8-6-7-9-13(11)10-26(22,23)16-20-19-14(24-16)12(2)18-15(21)25-17(3,4)5/h6-9,12H,10H2,1-5H3,(H,18,21)/t12-/m1/s1. The Morgan fingerprint density at radius 2 is 1.92 bits per heavy atom. The molecule has 0 saturated carbocycles. The van der Waals surface area contributed by atoms with Gasteiger partial charge in [0.15, 0.2) is 0 Å². The maximum absolute atomic E-state index is 12.5. The number of nitrogens with one attached hydrogen (secondary N) is 1. The summed E-state index contributed by atoms with van der Waals surface area (Å²) in [5.74, 6) is -0.256. The third-order valence-electron chi connectivity index (χ3n) is 3.40. The molecule has 1 aromatic heterocycles. The van der Waals surface area contributed by atoms with Crippen LogP contribution in [-0.4, -0.2) is 30.3 Å². The highest BCUT2D eigenvalue weighted by Gasteiger charge is 2.26. The molecule has 26 heavy (non-hydrogen) atoms. The molecule has 0 bridgehead atoms. The van der Waals surface area contributed by atoms with Crippen LogP contribution in [0.1, 0.15) is 50.8 Å². The van der Waals surface area contributed by atoms with Gasteiger partial charge in [-0.25, -0.2) is 13.2 Å². The number of aryl methyl sites for hydroxylation is 1. The van der Waals surface area contributed by atoms with Crippen LogP contribution in [0.2, 0.25) is 0 Å². The highest BCUT2D eigenvalue weighted by molar-refractivity contribution is 7.90. The quantitative estimate of drug-likeness (QED) is 0.847. The minimum Gasteiger partial charge on any atom is -0.444 e. The van der Waals surface area contributed by atoms with Crippen LogP contribution in [0, 0.1) is 6.92 Å². The lowest BCUT2D eigenvalue weighted by molar-refractivity contribution is 0.0500. The Bertz CT molecular complexity index is 884. The van der Waals surface area contributed by atoms with Gasteiger partial charge in [0, 0.05) is 0 Å². The van der Waals surface area contributed by atoms with Crippen LogP contribution in [0.5, 0.6) is 0 Å². The van der Waals surface area contributed by atoms with E-state index in [1.54, 1.807) is 39.8 Å². The number of hydrogen-bond donors (Lipinski definition) is 1. The van der Waals surface area contributed by atoms with Crippen molar-refractivity contribution in [1.29, 1.82) is 0 Å². The Morgan fingerprint density at radius 1 is 1.27 bits per heavy atom. The zero-order valence-electron chi connectivity index (χ0n) is 15.4. The van der Waals surface area contributed by atoms with Crippen molar-refractivity contribution in [1.82, 2.24) is 15.5 Å². The minimum atomic E-state index is -3.79. The second-order valence-electron chi connectivity index (χ2n) is 6.96. The van der Waals surface area contributed by atoms with E-state index in [0.717, 1.165) is 5.56 Å². The number of sulfone groups is 1. The average Bonchev–Trinajstić information content (AvgIpc) is 2.98. The van der Waals surface area contributed by atoms with Gasteiger partial charge in [0.2, 0.25) is 15.7 Å². The summed E-state index contributed by atoms with van der Waals surface area (Å²) in [6, 6.07) is 6.47. The van der Waals surface area contributed by atoms with Gasteiger partial charge >= 0.3 is 11.3 Å². The molecule has 2 aromatic rings. The van der Waals surface area contributed by atoms with Crippen LogP contribution in [0.4, 0.5) is 4.79 Å². The summed E-state index contributed by atoms with van der Waals surface area (Å²) in [4.78, 5) is 11.8. The first-order valence-electron chi connectivity index (χ1n) is 8.08. The van der Waals surface area contributed by atoms with E-state index in [1.165, 1.54) is 0 Å². The topological polar surface area (TPSA) is 111 Å². The molecule has 2 rings (SSSR count). The van der Waals surface area contributed by atoms with Crippen LogP contribution in [0.25, 0.3) is 0 Å². The van der Waals surface area contributed by atoms with E-state index in [0.29, 0.717) is 5.56 Å². The Balaban J connectivity index is 2.10. The molecule has 1 aromatic carbocycles. The Labute approximate surface area is 152 Å². The van der Waals surface area contributed by atoms with Crippen molar-refractivity contribution in [2.24, 2.45) is 0 Å². The number of benzene rings is 1. The lowest BCUT2D eigenvalue weighted by Crippen LogP contribution is -2.34. The highest BCUT2D eigenvalue weighted by atomic mass is 32.2. The Morgan fingerprint density at radius 3 is 2.54 bits per heavy atom. The van der Waals surface area contributed by atoms with Gasteiger partial charge in [-0.1, -0.05) is 29.4 Å². The zero-order valence-corrected chi connectivity index (χ0v) is 16.3. The van der Waals surface area contributed by atoms with Crippen LogP contribution in [0.15, 0.2) is 33.9 Å². The number of rotatable bonds is 5. The SMILES string of the molecule is Cc1ccccc1CS(=O)(=O)c1nnc([C@@H](C)NC(=O)OC(C)(C)C)o1. The molecule has 0 fully saturated rings. The van der Waals surface area contributed by atoms with Crippen molar-refractivity contribution in [3.63, 3.8) is 0 Å². The van der Waals surface area contributed by atoms with Crippen LogP contribution < -0.4 is 5.32 Å². The summed E-state index contributed by atoms with van der Waals surface area (Å²) >= 11 is 0. The van der Waals surface area contributed by atoms with Gasteiger partial charge in [-0.15, -0.1) is 5.10 Å². The fourth-order valence-electron chi connectivity index (χ4n) is 2.11. The van der Waals surface area contributed by atoms with E-state index >= 15 is 0 Å². The van der Waals surface area contributed by atoms with Gasteiger partial charge in [0.25, 0.3) is 0 Å². The molecule has 0 aliphatic rings. The maximum Gasteiger partial charge on any atom is 0.408 e. The van der Waals surface area contributed by atoms with E-state index in [2.05, 4.69) is 15.5 Å². The summed E-state index contributed by atoms with van der Waals surface area (Å²) in [6.45, 7) is 8.63. The number of ether oxygens (including phenoxy) is 1. The number of nitrogens with zero attached hydrogens (tertiary/aromatic N) is 2. The number of alkyl carbamates (subject to hydrolysis) is 1. The van der Waals surface area contributed by atoms with Crippen molar-refractivity contribution in [3.05, 3.63) is 41.3 Å². The molecular formula is C17H23N3O5S. The molecule has 0 saturated heterocycles. The third-order valence-corrected chi connectivity index (χ3v) is 4.79. The largest absolute Gasteiger partial charge is 0.444 e. The van der Waals surface area contributed by atoms with Gasteiger partial charge < -0.3 is 14.5 Å². The maximum atomic E-state index is 12.5. The molecule has 1 atom stereocenters. The molecule has 8 nitrogen and oxygen atoms in total. The first-order chi connectivity index (χ1) is 12.0. The van der Waals surface area contributed by atoms with Crippen molar-refractivity contribution >= 4 is 15.9 Å². The fourth-order valence-corrected chi connectivity index (χ4v) is 3.34. The smallest absolute Gasteiger partial charge is 0.408 e. The van der Waals surface area contributed by atoms with Gasteiger partial charge in [-0.3, -0.25) is 0 Å². The molecule has 9 heteroatoms. The number of amides is 1. The summed E-state index contributed by atoms with van der Waals surface area (Å²) in [5.41, 5.74) is 0.865. The average molecular weight is 381 g/mol. The number of aromatic nitrogens is 2. The lowest BCUT2D eigenvalue weighted by Gasteiger charge is -2.20. The van der Waals surface area contributed by atoms with Gasteiger partial charge in [0.1, 0.15) is 11.6 Å². The normalized spacial score (nSPS) is 13.3. The fraction of sp³-hybridized carbons (Fsp3) is 0.471. The molecule has 0 aliphatic heterocycles. The molecule has 142 valence electrons. The van der Waals surface area contributed by atoms with Gasteiger partial charge in [-0.05, 0) is 45.7 Å². The molecule has 1 N–H and O–H groups in total. The number of carbonyl (C=O) groups excluding carboxylic acids is 1. The van der Waals surface area contributed by atoms with Crippen molar-refractivity contribution in [2.75, 3.05) is 0 Å². The molecule has 0 aliphatic carbocycles. The summed E-state index contributed by atoms with van der Waals surface area (Å²) in [7, 11) is -3.79. The van der Waals surface area contributed by atoms with Crippen LogP contribution in [0.3, 0.4) is 0 Å². The Hall–Kier alpha value is -2.42. The van der Waals surface area contributed by atoms with Crippen LogP contribution >= 0.6 is 0 Å². The summed E-state index contributed by atoms with van der Waals surface area (Å²) in [5, 5.41) is 9.40. The number of carbonyl (C=O) groups is 1. The minimum absolute atomic E-state index is 0.0146. The molecule has 1 amide bonds. The Kier molecular flexibility index (Phi) is 5.70. The predicted octanol–water partition coefficient (Wildman–Crippen LogP) is 2.94.